The van der Waals surface area contributed by atoms with Gasteiger partial charge < -0.3 is 14.2 Å². The number of benzene rings is 2. The fraction of sp³-hybridized carbons (Fsp3) is 0.167. The van der Waals surface area contributed by atoms with Crippen LogP contribution >= 0.6 is 11.6 Å². The topological polar surface area (TPSA) is 68.2 Å². The van der Waals surface area contributed by atoms with Gasteiger partial charge in [0.1, 0.15) is 0 Å². The van der Waals surface area contributed by atoms with Gasteiger partial charge in [-0.05, 0) is 48.0 Å². The molecule has 0 unspecified atom stereocenters. The van der Waals surface area contributed by atoms with E-state index in [1.807, 2.05) is 0 Å². The number of hydrogen-bond donors (Lipinski definition) is 1. The van der Waals surface area contributed by atoms with Gasteiger partial charge in [0.2, 0.25) is 5.75 Å². The van der Waals surface area contributed by atoms with Crippen molar-refractivity contribution in [1.29, 1.82) is 0 Å². The van der Waals surface area contributed by atoms with Gasteiger partial charge in [-0.15, -0.1) is 0 Å². The molecule has 0 spiro atoms. The van der Waals surface area contributed by atoms with E-state index in [4.69, 9.17) is 25.8 Å². The minimum Gasteiger partial charge on any atom is -0.493 e. The third-order valence-electron chi connectivity index (χ3n) is 3.39. The smallest absolute Gasteiger partial charge is 0.274 e. The molecule has 1 amide bonds. The molecule has 0 aliphatic heterocycles. The lowest BCUT2D eigenvalue weighted by molar-refractivity contribution is -0.118. The van der Waals surface area contributed by atoms with Crippen molar-refractivity contribution in [1.82, 2.24) is 0 Å². The maximum absolute atomic E-state index is 12.1. The molecule has 132 valence electrons. The zero-order valence-electron chi connectivity index (χ0n) is 14.0. The van der Waals surface area contributed by atoms with E-state index in [2.05, 4.69) is 0 Å². The molecular weight excluding hydrogens is 346 g/mol. The van der Waals surface area contributed by atoms with E-state index in [0.717, 1.165) is 0 Å². The van der Waals surface area contributed by atoms with Crippen molar-refractivity contribution in [3.63, 3.8) is 0 Å². The lowest BCUT2D eigenvalue weighted by Crippen LogP contribution is -2.24. The number of nitrogens with zero attached hydrogens (tertiary/aromatic N) is 1. The van der Waals surface area contributed by atoms with E-state index in [9.17, 15) is 10.0 Å². The van der Waals surface area contributed by atoms with Gasteiger partial charge >= 0.3 is 0 Å². The Morgan fingerprint density at radius 2 is 1.60 bits per heavy atom. The number of carbonyl (C=O) groups is 1. The van der Waals surface area contributed by atoms with Crippen LogP contribution in [0, 0.1) is 0 Å². The number of halogens is 1. The molecule has 0 aliphatic rings. The summed E-state index contributed by atoms with van der Waals surface area (Å²) in [7, 11) is 4.52. The third-order valence-corrected chi connectivity index (χ3v) is 3.64. The summed E-state index contributed by atoms with van der Waals surface area (Å²) in [5, 5.41) is 11.0. The molecular formula is C18H18ClNO5. The van der Waals surface area contributed by atoms with Crippen molar-refractivity contribution < 1.29 is 24.2 Å². The molecule has 0 bridgehead atoms. The van der Waals surface area contributed by atoms with Crippen molar-refractivity contribution >= 4 is 29.3 Å². The summed E-state index contributed by atoms with van der Waals surface area (Å²) >= 11 is 5.79. The largest absolute Gasteiger partial charge is 0.493 e. The molecule has 0 aromatic heterocycles. The highest BCUT2D eigenvalue weighted by Gasteiger charge is 2.13. The molecule has 6 nitrogen and oxygen atoms in total. The Hall–Kier alpha value is -2.70. The van der Waals surface area contributed by atoms with Crippen molar-refractivity contribution in [2.75, 3.05) is 26.4 Å². The third kappa shape index (κ3) is 4.43. The quantitative estimate of drug-likeness (QED) is 0.480. The predicted molar refractivity (Wildman–Crippen MR) is 95.9 cm³/mol. The molecule has 0 aliphatic carbocycles. The van der Waals surface area contributed by atoms with Gasteiger partial charge in [0.25, 0.3) is 5.91 Å². The SMILES string of the molecule is COc1cc(C=CC(=O)N(O)c2ccc(Cl)cc2)cc(OC)c1OC. The first-order valence-corrected chi connectivity index (χ1v) is 7.64. The van der Waals surface area contributed by atoms with Gasteiger partial charge in [-0.3, -0.25) is 10.0 Å². The molecule has 2 aromatic rings. The molecule has 2 rings (SSSR count). The molecule has 0 atom stereocenters. The highest BCUT2D eigenvalue weighted by molar-refractivity contribution is 6.30. The molecule has 0 radical (unpaired) electrons. The second-order valence-electron chi connectivity index (χ2n) is 4.92. The van der Waals surface area contributed by atoms with Crippen LogP contribution in [-0.2, 0) is 4.79 Å². The zero-order chi connectivity index (χ0) is 18.4. The standard InChI is InChI=1S/C18H18ClNO5/c1-23-15-10-12(11-16(24-2)18(15)25-3)4-9-17(21)20(22)14-7-5-13(19)6-8-14/h4-11,22H,1-3H3. The summed E-state index contributed by atoms with van der Waals surface area (Å²) in [4.78, 5) is 12.1. The van der Waals surface area contributed by atoms with E-state index in [1.54, 1.807) is 24.3 Å². The Labute approximate surface area is 150 Å². The van der Waals surface area contributed by atoms with Gasteiger partial charge in [0.15, 0.2) is 11.5 Å². The van der Waals surface area contributed by atoms with Crippen LogP contribution in [0.15, 0.2) is 42.5 Å². The van der Waals surface area contributed by atoms with Gasteiger partial charge in [-0.25, -0.2) is 0 Å². The summed E-state index contributed by atoms with van der Waals surface area (Å²) in [5.74, 6) is 0.773. The van der Waals surface area contributed by atoms with Crippen LogP contribution in [0.1, 0.15) is 5.56 Å². The van der Waals surface area contributed by atoms with Crippen molar-refractivity contribution in [3.8, 4) is 17.2 Å². The Morgan fingerprint density at radius 3 is 2.08 bits per heavy atom. The number of rotatable bonds is 6. The lowest BCUT2D eigenvalue weighted by atomic mass is 10.1. The van der Waals surface area contributed by atoms with Crippen molar-refractivity contribution in [2.45, 2.75) is 0 Å². The van der Waals surface area contributed by atoms with Gasteiger partial charge in [0.05, 0.1) is 27.0 Å². The molecule has 0 fully saturated rings. The van der Waals surface area contributed by atoms with Crippen molar-refractivity contribution in [2.24, 2.45) is 0 Å². The van der Waals surface area contributed by atoms with Crippen LogP contribution in [0.4, 0.5) is 5.69 Å². The summed E-state index contributed by atoms with van der Waals surface area (Å²) < 4.78 is 15.8. The average molecular weight is 364 g/mol. The Bertz CT molecular complexity index is 749. The van der Waals surface area contributed by atoms with Crippen LogP contribution in [0.25, 0.3) is 6.08 Å². The second-order valence-corrected chi connectivity index (χ2v) is 5.35. The minimum absolute atomic E-state index is 0.309. The maximum Gasteiger partial charge on any atom is 0.274 e. The lowest BCUT2D eigenvalue weighted by Gasteiger charge is -2.14. The first-order valence-electron chi connectivity index (χ1n) is 7.26. The Kier molecular flexibility index (Phi) is 6.27. The second kappa shape index (κ2) is 8.41. The number of anilines is 1. The summed E-state index contributed by atoms with van der Waals surface area (Å²) in [6.45, 7) is 0. The Balaban J connectivity index is 2.23. The summed E-state index contributed by atoms with van der Waals surface area (Å²) in [6.07, 6.45) is 2.77. The van der Waals surface area contributed by atoms with Gasteiger partial charge in [-0.2, -0.15) is 5.06 Å². The highest BCUT2D eigenvalue weighted by atomic mass is 35.5. The number of carbonyl (C=O) groups excluding carboxylic acids is 1. The number of hydrogen-bond acceptors (Lipinski definition) is 5. The average Bonchev–Trinajstić information content (AvgIpc) is 2.64. The highest BCUT2D eigenvalue weighted by Crippen LogP contribution is 2.38. The zero-order valence-corrected chi connectivity index (χ0v) is 14.8. The number of hydroxylamine groups is 1. The van der Waals surface area contributed by atoms with E-state index >= 15 is 0 Å². The number of amides is 1. The van der Waals surface area contributed by atoms with Crippen LogP contribution in [0.5, 0.6) is 17.2 Å². The van der Waals surface area contributed by atoms with E-state index < -0.39 is 5.91 Å². The number of ether oxygens (including phenoxy) is 3. The first-order chi connectivity index (χ1) is 12.0. The minimum atomic E-state index is -0.615. The molecule has 25 heavy (non-hydrogen) atoms. The molecule has 7 heteroatoms. The predicted octanol–water partition coefficient (Wildman–Crippen LogP) is 3.80. The van der Waals surface area contributed by atoms with Crippen LogP contribution in [0.3, 0.4) is 0 Å². The maximum atomic E-state index is 12.1. The summed E-state index contributed by atoms with van der Waals surface area (Å²) in [5.41, 5.74) is 0.955. The fourth-order valence-electron chi connectivity index (χ4n) is 2.15. The van der Waals surface area contributed by atoms with Crippen LogP contribution < -0.4 is 19.3 Å². The normalized spacial score (nSPS) is 10.6. The molecule has 0 saturated carbocycles. The number of methoxy groups -OCH3 is 3. The van der Waals surface area contributed by atoms with Gasteiger partial charge in [-0.1, -0.05) is 11.6 Å². The fourth-order valence-corrected chi connectivity index (χ4v) is 2.27. The van der Waals surface area contributed by atoms with Crippen molar-refractivity contribution in [3.05, 3.63) is 53.1 Å². The summed E-state index contributed by atoms with van der Waals surface area (Å²) in [6, 6.07) is 9.61. The van der Waals surface area contributed by atoms with Crippen LogP contribution in [-0.4, -0.2) is 32.4 Å². The monoisotopic (exact) mass is 363 g/mol. The van der Waals surface area contributed by atoms with Crippen LogP contribution in [0.2, 0.25) is 5.02 Å². The molecule has 2 aromatic carbocycles. The van der Waals surface area contributed by atoms with E-state index in [0.29, 0.717) is 38.6 Å². The van der Waals surface area contributed by atoms with E-state index in [1.165, 1.54) is 45.6 Å². The first kappa shape index (κ1) is 18.6. The van der Waals surface area contributed by atoms with Gasteiger partial charge in [0, 0.05) is 11.1 Å². The molecule has 0 saturated heterocycles. The van der Waals surface area contributed by atoms with E-state index in [-0.39, 0.29) is 0 Å². The molecule has 0 heterocycles. The Morgan fingerprint density at radius 1 is 1.04 bits per heavy atom. The molecule has 1 N–H and O–H groups in total.